The van der Waals surface area contributed by atoms with Gasteiger partial charge in [-0.2, -0.15) is 0 Å². The van der Waals surface area contributed by atoms with Gasteiger partial charge < -0.3 is 15.3 Å². The smallest absolute Gasteiger partial charge is 0.326 e. The number of carbonyl (C=O) groups excluding carboxylic acids is 2. The Morgan fingerprint density at radius 3 is 2.33 bits per heavy atom. The van der Waals surface area contributed by atoms with Crippen LogP contribution < -0.4 is 5.32 Å². The minimum atomic E-state index is -0.998. The zero-order valence-corrected chi connectivity index (χ0v) is 19.0. The van der Waals surface area contributed by atoms with E-state index in [1.54, 1.807) is 44.2 Å². The normalized spacial score (nSPS) is 13.7. The number of carboxylic acid groups (broad SMARTS) is 1. The molecular weight excluding hydrogens is 440 g/mol. The Morgan fingerprint density at radius 1 is 1.00 bits per heavy atom. The van der Waals surface area contributed by atoms with E-state index in [1.807, 2.05) is 36.4 Å². The average Bonchev–Trinajstić information content (AvgIpc) is 3.09. The molecule has 3 aromatic carbocycles. The minimum absolute atomic E-state index is 0.199. The maximum Gasteiger partial charge on any atom is 0.326 e. The summed E-state index contributed by atoms with van der Waals surface area (Å²) in [5, 5.41) is 12.9. The number of aliphatic carboxylic acids is 1. The summed E-state index contributed by atoms with van der Waals surface area (Å²) in [6.07, 6.45) is 0. The number of benzene rings is 3. The van der Waals surface area contributed by atoms with Gasteiger partial charge in [-0.05, 0) is 65.1 Å². The Morgan fingerprint density at radius 2 is 1.70 bits per heavy atom. The number of rotatable bonds is 6. The molecule has 0 spiro atoms. The summed E-state index contributed by atoms with van der Waals surface area (Å²) in [6.45, 7) is 3.87. The van der Waals surface area contributed by atoms with Gasteiger partial charge in [-0.25, -0.2) is 4.79 Å². The lowest BCUT2D eigenvalue weighted by molar-refractivity contribution is -0.144. The van der Waals surface area contributed by atoms with E-state index in [0.29, 0.717) is 21.8 Å². The van der Waals surface area contributed by atoms with Crippen molar-refractivity contribution in [2.75, 3.05) is 5.32 Å². The van der Waals surface area contributed by atoms with Crippen LogP contribution in [0.15, 0.2) is 66.7 Å². The third kappa shape index (κ3) is 4.61. The summed E-state index contributed by atoms with van der Waals surface area (Å²) in [5.41, 5.74) is 4.29. The van der Waals surface area contributed by atoms with E-state index in [9.17, 15) is 19.5 Å². The third-order valence-corrected chi connectivity index (χ3v) is 5.96. The number of hydrogen-bond donors (Lipinski definition) is 2. The first kappa shape index (κ1) is 22.6. The predicted octanol–water partition coefficient (Wildman–Crippen LogP) is 5.32. The number of fused-ring (bicyclic) bond motifs is 1. The molecule has 1 atom stereocenters. The molecule has 0 unspecified atom stereocenters. The number of carboxylic acids is 1. The molecule has 1 heterocycles. The molecule has 0 aromatic heterocycles. The van der Waals surface area contributed by atoms with Crippen molar-refractivity contribution in [1.29, 1.82) is 0 Å². The van der Waals surface area contributed by atoms with Gasteiger partial charge >= 0.3 is 5.97 Å². The molecule has 0 radical (unpaired) electrons. The maximum absolute atomic E-state index is 12.8. The number of hydrogen-bond acceptors (Lipinski definition) is 3. The molecule has 2 N–H and O–H groups in total. The van der Waals surface area contributed by atoms with E-state index < -0.39 is 12.0 Å². The standard InChI is InChI=1S/C26H23ClN2O4/c1-15(2)23(26(32)33)29-14-19-12-17(8-11-22(19)25(29)31)16-6-9-21(10-7-16)28-24(30)18-4-3-5-20(27)13-18/h3-13,15,23H,14H2,1-2H3,(H,28,30)(H,32,33)/t23-/m0/s1. The van der Waals surface area contributed by atoms with Gasteiger partial charge in [0, 0.05) is 28.4 Å². The minimum Gasteiger partial charge on any atom is -0.480 e. The summed E-state index contributed by atoms with van der Waals surface area (Å²) in [6, 6.07) is 18.8. The van der Waals surface area contributed by atoms with Crippen LogP contribution in [-0.2, 0) is 11.3 Å². The van der Waals surface area contributed by atoms with Crippen molar-refractivity contribution >= 4 is 35.1 Å². The Labute approximate surface area is 196 Å². The Hall–Kier alpha value is -3.64. The van der Waals surface area contributed by atoms with Gasteiger partial charge in [-0.15, -0.1) is 0 Å². The van der Waals surface area contributed by atoms with Gasteiger partial charge in [0.15, 0.2) is 0 Å². The van der Waals surface area contributed by atoms with Crippen LogP contribution in [0.25, 0.3) is 11.1 Å². The fraction of sp³-hybridized carbons (Fsp3) is 0.192. The van der Waals surface area contributed by atoms with Crippen LogP contribution in [-0.4, -0.2) is 33.8 Å². The highest BCUT2D eigenvalue weighted by molar-refractivity contribution is 6.31. The number of nitrogens with one attached hydrogen (secondary N) is 1. The second kappa shape index (κ2) is 9.08. The van der Waals surface area contributed by atoms with Crippen molar-refractivity contribution in [3.8, 4) is 11.1 Å². The molecule has 0 bridgehead atoms. The highest BCUT2D eigenvalue weighted by Crippen LogP contribution is 2.31. The lowest BCUT2D eigenvalue weighted by Crippen LogP contribution is -2.44. The molecule has 2 amide bonds. The summed E-state index contributed by atoms with van der Waals surface area (Å²) in [7, 11) is 0. The van der Waals surface area contributed by atoms with Gasteiger partial charge in [0.1, 0.15) is 6.04 Å². The Bertz CT molecular complexity index is 1240. The maximum atomic E-state index is 12.8. The SMILES string of the molecule is CC(C)[C@@H](C(=O)O)N1Cc2cc(-c3ccc(NC(=O)c4cccc(Cl)c4)cc3)ccc2C1=O. The second-order valence-corrected chi connectivity index (χ2v) is 8.81. The first-order valence-electron chi connectivity index (χ1n) is 10.6. The lowest BCUT2D eigenvalue weighted by atomic mass is 10.0. The van der Waals surface area contributed by atoms with Gasteiger partial charge in [0.2, 0.25) is 0 Å². The van der Waals surface area contributed by atoms with Crippen molar-refractivity contribution in [2.45, 2.75) is 26.4 Å². The van der Waals surface area contributed by atoms with Crippen LogP contribution >= 0.6 is 11.6 Å². The molecule has 7 heteroatoms. The van der Waals surface area contributed by atoms with Gasteiger partial charge in [-0.3, -0.25) is 9.59 Å². The summed E-state index contributed by atoms with van der Waals surface area (Å²) < 4.78 is 0. The quantitative estimate of drug-likeness (QED) is 0.518. The van der Waals surface area contributed by atoms with E-state index in [2.05, 4.69) is 5.32 Å². The average molecular weight is 463 g/mol. The number of nitrogens with zero attached hydrogens (tertiary/aromatic N) is 1. The summed E-state index contributed by atoms with van der Waals surface area (Å²) in [4.78, 5) is 38.3. The third-order valence-electron chi connectivity index (χ3n) is 5.72. The largest absolute Gasteiger partial charge is 0.480 e. The summed E-state index contributed by atoms with van der Waals surface area (Å²) >= 11 is 5.95. The molecule has 3 aromatic rings. The zero-order chi connectivity index (χ0) is 23.7. The zero-order valence-electron chi connectivity index (χ0n) is 18.2. The molecule has 0 saturated carbocycles. The molecule has 6 nitrogen and oxygen atoms in total. The number of halogens is 1. The van der Waals surface area contributed by atoms with Gasteiger partial charge in [-0.1, -0.05) is 49.7 Å². The first-order valence-corrected chi connectivity index (χ1v) is 11.0. The fourth-order valence-electron chi connectivity index (χ4n) is 4.10. The molecule has 4 rings (SSSR count). The lowest BCUT2D eigenvalue weighted by Gasteiger charge is -2.27. The second-order valence-electron chi connectivity index (χ2n) is 8.37. The topological polar surface area (TPSA) is 86.7 Å². The van der Waals surface area contributed by atoms with Gasteiger partial charge in [0.05, 0.1) is 0 Å². The van der Waals surface area contributed by atoms with Crippen molar-refractivity contribution in [2.24, 2.45) is 5.92 Å². The van der Waals surface area contributed by atoms with Crippen LogP contribution in [0.1, 0.15) is 40.1 Å². The van der Waals surface area contributed by atoms with Crippen molar-refractivity contribution < 1.29 is 19.5 Å². The van der Waals surface area contributed by atoms with E-state index in [4.69, 9.17) is 11.6 Å². The number of carbonyl (C=O) groups is 3. The fourth-order valence-corrected chi connectivity index (χ4v) is 4.30. The van der Waals surface area contributed by atoms with Crippen molar-refractivity contribution in [1.82, 2.24) is 4.90 Å². The van der Waals surface area contributed by atoms with Crippen LogP contribution in [0.3, 0.4) is 0 Å². The van der Waals surface area contributed by atoms with Crippen molar-refractivity contribution in [3.05, 3.63) is 88.4 Å². The van der Waals surface area contributed by atoms with Gasteiger partial charge in [0.25, 0.3) is 11.8 Å². The Balaban J connectivity index is 1.51. The molecular formula is C26H23ClN2O4. The molecule has 168 valence electrons. The number of amides is 2. The Kier molecular flexibility index (Phi) is 6.20. The monoisotopic (exact) mass is 462 g/mol. The predicted molar refractivity (Wildman–Crippen MR) is 127 cm³/mol. The van der Waals surface area contributed by atoms with E-state index in [1.165, 1.54) is 4.90 Å². The van der Waals surface area contributed by atoms with Crippen LogP contribution in [0.5, 0.6) is 0 Å². The van der Waals surface area contributed by atoms with E-state index in [0.717, 1.165) is 16.7 Å². The molecule has 0 aliphatic carbocycles. The molecule has 0 saturated heterocycles. The first-order chi connectivity index (χ1) is 15.7. The highest BCUT2D eigenvalue weighted by Gasteiger charge is 2.38. The van der Waals surface area contributed by atoms with E-state index >= 15 is 0 Å². The number of anilines is 1. The van der Waals surface area contributed by atoms with Crippen LogP contribution in [0.4, 0.5) is 5.69 Å². The molecule has 33 heavy (non-hydrogen) atoms. The molecule has 1 aliphatic heterocycles. The van der Waals surface area contributed by atoms with Crippen LogP contribution in [0.2, 0.25) is 5.02 Å². The van der Waals surface area contributed by atoms with E-state index in [-0.39, 0.29) is 24.3 Å². The molecule has 0 fully saturated rings. The molecule has 1 aliphatic rings. The highest BCUT2D eigenvalue weighted by atomic mass is 35.5. The van der Waals surface area contributed by atoms with Crippen LogP contribution in [0, 0.1) is 5.92 Å². The van der Waals surface area contributed by atoms with Crippen molar-refractivity contribution in [3.63, 3.8) is 0 Å². The summed E-state index contributed by atoms with van der Waals surface area (Å²) in [5.74, 6) is -1.70.